The van der Waals surface area contributed by atoms with Crippen LogP contribution in [0.5, 0.6) is 0 Å². The second-order valence-corrected chi connectivity index (χ2v) is 4.62. The summed E-state index contributed by atoms with van der Waals surface area (Å²) in [6, 6.07) is 0.902. The highest BCUT2D eigenvalue weighted by molar-refractivity contribution is 5.82. The van der Waals surface area contributed by atoms with Gasteiger partial charge < -0.3 is 4.74 Å². The number of fused-ring (bicyclic) bond motifs is 1. The molecule has 0 radical (unpaired) electrons. The maximum Gasteiger partial charge on any atom is 0.307 e. The number of rotatable bonds is 4. The molecule has 0 saturated heterocycles. The van der Waals surface area contributed by atoms with Gasteiger partial charge in [-0.25, -0.2) is 8.78 Å². The van der Waals surface area contributed by atoms with Gasteiger partial charge in [0.15, 0.2) is 5.65 Å². The van der Waals surface area contributed by atoms with Crippen molar-refractivity contribution in [2.75, 3.05) is 7.11 Å². The van der Waals surface area contributed by atoms with Crippen LogP contribution in [0.15, 0.2) is 10.9 Å². The van der Waals surface area contributed by atoms with Crippen LogP contribution in [0.2, 0.25) is 0 Å². The standard InChI is InChI=1S/C13H15F2N3O3/c1-7-11-8(12(14)15)6-9(19)18(5-4-10(20)21-3)13(11)16-17(7)2/h6,12H,4-5H2,1-3H3. The van der Waals surface area contributed by atoms with E-state index in [1.54, 1.807) is 14.0 Å². The number of aromatic nitrogens is 3. The number of ether oxygens (including phenoxy) is 1. The first kappa shape index (κ1) is 15.1. The number of alkyl halides is 2. The minimum absolute atomic E-state index is 0.0297. The minimum Gasteiger partial charge on any atom is -0.469 e. The Hall–Kier alpha value is -2.25. The predicted octanol–water partition coefficient (Wildman–Crippen LogP) is 1.54. The molecule has 2 aromatic heterocycles. The average Bonchev–Trinajstić information content (AvgIpc) is 2.72. The molecule has 0 atom stereocenters. The summed E-state index contributed by atoms with van der Waals surface area (Å²) in [5, 5.41) is 4.36. The van der Waals surface area contributed by atoms with Gasteiger partial charge in [-0.15, -0.1) is 0 Å². The molecular weight excluding hydrogens is 284 g/mol. The topological polar surface area (TPSA) is 66.1 Å². The summed E-state index contributed by atoms with van der Waals surface area (Å²) >= 11 is 0. The van der Waals surface area contributed by atoms with E-state index in [2.05, 4.69) is 9.84 Å². The molecule has 2 heterocycles. The van der Waals surface area contributed by atoms with Crippen molar-refractivity contribution in [3.05, 3.63) is 27.7 Å². The Bertz CT molecular complexity index is 749. The molecule has 0 aliphatic rings. The van der Waals surface area contributed by atoms with Gasteiger partial charge in [-0.3, -0.25) is 18.8 Å². The summed E-state index contributed by atoms with van der Waals surface area (Å²) in [5.74, 6) is -0.486. The van der Waals surface area contributed by atoms with Gasteiger partial charge in [-0.05, 0) is 6.92 Å². The molecule has 0 fully saturated rings. The van der Waals surface area contributed by atoms with Crippen molar-refractivity contribution in [2.24, 2.45) is 7.05 Å². The van der Waals surface area contributed by atoms with Gasteiger partial charge in [0.1, 0.15) is 0 Å². The second kappa shape index (κ2) is 5.63. The first-order chi connectivity index (χ1) is 9.86. The van der Waals surface area contributed by atoms with Crippen LogP contribution >= 0.6 is 0 Å². The predicted molar refractivity (Wildman–Crippen MR) is 71.3 cm³/mol. The zero-order valence-corrected chi connectivity index (χ0v) is 11.9. The molecule has 0 spiro atoms. The fourth-order valence-corrected chi connectivity index (χ4v) is 2.20. The molecule has 114 valence electrons. The number of carbonyl (C=O) groups is 1. The lowest BCUT2D eigenvalue weighted by molar-refractivity contribution is -0.140. The molecule has 0 N–H and O–H groups in total. The van der Waals surface area contributed by atoms with Crippen molar-refractivity contribution in [3.63, 3.8) is 0 Å². The number of methoxy groups -OCH3 is 1. The van der Waals surface area contributed by atoms with E-state index in [9.17, 15) is 18.4 Å². The third-order valence-corrected chi connectivity index (χ3v) is 3.41. The van der Waals surface area contributed by atoms with Gasteiger partial charge in [0.05, 0.1) is 13.5 Å². The monoisotopic (exact) mass is 299 g/mol. The van der Waals surface area contributed by atoms with Crippen LogP contribution < -0.4 is 5.56 Å². The lowest BCUT2D eigenvalue weighted by atomic mass is 10.1. The molecule has 0 unspecified atom stereocenters. The van der Waals surface area contributed by atoms with Gasteiger partial charge in [-0.2, -0.15) is 5.10 Å². The number of pyridine rings is 1. The molecule has 6 nitrogen and oxygen atoms in total. The van der Waals surface area contributed by atoms with E-state index in [1.807, 2.05) is 0 Å². The van der Waals surface area contributed by atoms with Gasteiger partial charge in [0, 0.05) is 36.3 Å². The van der Waals surface area contributed by atoms with Gasteiger partial charge in [0.25, 0.3) is 12.0 Å². The highest BCUT2D eigenvalue weighted by Gasteiger charge is 2.21. The zero-order valence-electron chi connectivity index (χ0n) is 11.9. The molecule has 0 aromatic carbocycles. The number of esters is 1. The Balaban J connectivity index is 2.64. The minimum atomic E-state index is -2.77. The van der Waals surface area contributed by atoms with E-state index in [-0.39, 0.29) is 29.6 Å². The fourth-order valence-electron chi connectivity index (χ4n) is 2.20. The molecule has 2 aromatic rings. The molecule has 21 heavy (non-hydrogen) atoms. The first-order valence-electron chi connectivity index (χ1n) is 6.28. The summed E-state index contributed by atoms with van der Waals surface area (Å²) in [5.41, 5.74) is -0.261. The summed E-state index contributed by atoms with van der Waals surface area (Å²) in [7, 11) is 2.85. The number of nitrogens with zero attached hydrogens (tertiary/aromatic N) is 3. The smallest absolute Gasteiger partial charge is 0.307 e. The fraction of sp³-hybridized carbons (Fsp3) is 0.462. The van der Waals surface area contributed by atoms with Crippen LogP contribution in [-0.4, -0.2) is 27.4 Å². The zero-order chi connectivity index (χ0) is 15.7. The van der Waals surface area contributed by atoms with Crippen molar-refractivity contribution in [3.8, 4) is 0 Å². The van der Waals surface area contributed by atoms with Crippen LogP contribution in [0.1, 0.15) is 24.1 Å². The third-order valence-electron chi connectivity index (χ3n) is 3.41. The van der Waals surface area contributed by atoms with Gasteiger partial charge in [-0.1, -0.05) is 0 Å². The number of carbonyl (C=O) groups excluding carboxylic acids is 1. The van der Waals surface area contributed by atoms with Crippen LogP contribution in [0, 0.1) is 6.92 Å². The molecule has 0 aliphatic heterocycles. The molecule has 8 heteroatoms. The van der Waals surface area contributed by atoms with Crippen LogP contribution in [0.3, 0.4) is 0 Å². The van der Waals surface area contributed by atoms with E-state index in [4.69, 9.17) is 0 Å². The second-order valence-electron chi connectivity index (χ2n) is 4.62. The van der Waals surface area contributed by atoms with Crippen molar-refractivity contribution in [1.29, 1.82) is 0 Å². The lowest BCUT2D eigenvalue weighted by Crippen LogP contribution is -2.22. The van der Waals surface area contributed by atoms with E-state index in [0.717, 1.165) is 6.07 Å². The maximum atomic E-state index is 13.1. The Labute approximate surface area is 118 Å². The van der Waals surface area contributed by atoms with Crippen molar-refractivity contribution in [1.82, 2.24) is 14.3 Å². The summed E-state index contributed by atoms with van der Waals surface area (Å²) < 4.78 is 33.4. The Kier molecular flexibility index (Phi) is 4.06. The van der Waals surface area contributed by atoms with E-state index < -0.39 is 18.0 Å². The van der Waals surface area contributed by atoms with Crippen LogP contribution in [-0.2, 0) is 23.1 Å². The maximum absolute atomic E-state index is 13.1. The molecular formula is C13H15F2N3O3. The summed E-state index contributed by atoms with van der Waals surface area (Å²) in [4.78, 5) is 23.2. The first-order valence-corrected chi connectivity index (χ1v) is 6.28. The Morgan fingerprint density at radius 2 is 2.14 bits per heavy atom. The average molecular weight is 299 g/mol. The molecule has 0 aliphatic carbocycles. The van der Waals surface area contributed by atoms with Crippen LogP contribution in [0.25, 0.3) is 11.0 Å². The number of halogens is 2. The van der Waals surface area contributed by atoms with Crippen molar-refractivity contribution >= 4 is 17.0 Å². The normalized spacial score (nSPS) is 11.3. The largest absolute Gasteiger partial charge is 0.469 e. The summed E-state index contributed by atoms with van der Waals surface area (Å²) in [6.45, 7) is 1.68. The van der Waals surface area contributed by atoms with Crippen molar-refractivity contribution < 1.29 is 18.3 Å². The Morgan fingerprint density at radius 3 is 2.71 bits per heavy atom. The third kappa shape index (κ3) is 2.65. The number of hydrogen-bond donors (Lipinski definition) is 0. The molecule has 0 bridgehead atoms. The highest BCUT2D eigenvalue weighted by Crippen LogP contribution is 2.28. The van der Waals surface area contributed by atoms with Crippen molar-refractivity contribution in [2.45, 2.75) is 26.3 Å². The van der Waals surface area contributed by atoms with Crippen LogP contribution in [0.4, 0.5) is 8.78 Å². The molecule has 0 amide bonds. The van der Waals surface area contributed by atoms with Gasteiger partial charge >= 0.3 is 5.97 Å². The van der Waals surface area contributed by atoms with E-state index in [0.29, 0.717) is 5.69 Å². The quantitative estimate of drug-likeness (QED) is 0.803. The SMILES string of the molecule is COC(=O)CCn1c(=O)cc(C(F)F)c2c(C)n(C)nc21. The highest BCUT2D eigenvalue weighted by atomic mass is 19.3. The molecule has 2 rings (SSSR count). The van der Waals surface area contributed by atoms with E-state index >= 15 is 0 Å². The van der Waals surface area contributed by atoms with Gasteiger partial charge in [0.2, 0.25) is 0 Å². The lowest BCUT2D eigenvalue weighted by Gasteiger charge is -2.09. The number of hydrogen-bond acceptors (Lipinski definition) is 4. The molecule has 0 saturated carbocycles. The number of aryl methyl sites for hydroxylation is 3. The summed E-state index contributed by atoms with van der Waals surface area (Å²) in [6.07, 6.45) is -2.80. The Morgan fingerprint density at radius 1 is 1.48 bits per heavy atom. The van der Waals surface area contributed by atoms with E-state index in [1.165, 1.54) is 16.4 Å².